The van der Waals surface area contributed by atoms with Gasteiger partial charge in [-0.2, -0.15) is 0 Å². The summed E-state index contributed by atoms with van der Waals surface area (Å²) in [6.45, 7) is 7.19. The third kappa shape index (κ3) is 5.37. The number of nitrogens with zero attached hydrogens (tertiary/aromatic N) is 1. The number of rotatable bonds is 9. The first-order valence-corrected chi connectivity index (χ1v) is 6.71. The zero-order chi connectivity index (χ0) is 12.5. The van der Waals surface area contributed by atoms with Crippen LogP contribution in [0.15, 0.2) is 22.8 Å². The lowest BCUT2D eigenvalue weighted by Crippen LogP contribution is -2.30. The smallest absolute Gasteiger partial charge is 0.133 e. The van der Waals surface area contributed by atoms with E-state index in [1.54, 1.807) is 6.26 Å². The molecule has 1 atom stereocenters. The van der Waals surface area contributed by atoms with Gasteiger partial charge in [-0.1, -0.05) is 26.7 Å². The van der Waals surface area contributed by atoms with E-state index in [1.807, 2.05) is 12.1 Å². The van der Waals surface area contributed by atoms with Crippen molar-refractivity contribution in [2.24, 2.45) is 0 Å². The highest BCUT2D eigenvalue weighted by Gasteiger charge is 2.14. The first-order valence-electron chi connectivity index (χ1n) is 6.71. The van der Waals surface area contributed by atoms with E-state index in [1.165, 1.54) is 25.7 Å². The van der Waals surface area contributed by atoms with Crippen molar-refractivity contribution >= 4 is 0 Å². The largest absolute Gasteiger partial charge is 0.467 e. The van der Waals surface area contributed by atoms with E-state index in [0.29, 0.717) is 12.3 Å². The average molecular weight is 239 g/mol. The molecular weight excluding hydrogens is 214 g/mol. The molecular formula is C14H25NO2. The molecule has 1 rings (SSSR count). The van der Waals surface area contributed by atoms with Crippen LogP contribution in [0.4, 0.5) is 0 Å². The van der Waals surface area contributed by atoms with Gasteiger partial charge >= 0.3 is 0 Å². The van der Waals surface area contributed by atoms with Crippen molar-refractivity contribution in [2.75, 3.05) is 19.6 Å². The molecule has 1 aromatic rings. The van der Waals surface area contributed by atoms with Crippen molar-refractivity contribution in [3.05, 3.63) is 24.2 Å². The molecule has 98 valence electrons. The maximum atomic E-state index is 10.0. The van der Waals surface area contributed by atoms with E-state index < -0.39 is 6.10 Å². The Morgan fingerprint density at radius 1 is 1.24 bits per heavy atom. The number of unbranched alkanes of at least 4 members (excludes halogenated alkanes) is 2. The lowest BCUT2D eigenvalue weighted by Gasteiger charge is -2.24. The van der Waals surface area contributed by atoms with E-state index in [9.17, 15) is 5.11 Å². The molecule has 1 N–H and O–H groups in total. The minimum absolute atomic E-state index is 0.501. The fraction of sp³-hybridized carbons (Fsp3) is 0.714. The molecule has 3 nitrogen and oxygen atoms in total. The fourth-order valence-corrected chi connectivity index (χ4v) is 1.87. The lowest BCUT2D eigenvalue weighted by atomic mass is 10.2. The maximum Gasteiger partial charge on any atom is 0.133 e. The molecule has 0 aliphatic rings. The first-order chi connectivity index (χ1) is 8.27. The van der Waals surface area contributed by atoms with Crippen molar-refractivity contribution in [1.82, 2.24) is 4.90 Å². The van der Waals surface area contributed by atoms with Crippen molar-refractivity contribution in [3.8, 4) is 0 Å². The van der Waals surface area contributed by atoms with Crippen molar-refractivity contribution < 1.29 is 9.52 Å². The lowest BCUT2D eigenvalue weighted by molar-refractivity contribution is 0.0928. The average Bonchev–Trinajstić information content (AvgIpc) is 2.86. The van der Waals surface area contributed by atoms with Crippen LogP contribution in [0.2, 0.25) is 0 Å². The Bertz CT molecular complexity index is 264. The quantitative estimate of drug-likeness (QED) is 0.719. The predicted molar refractivity (Wildman–Crippen MR) is 69.9 cm³/mol. The SMILES string of the molecule is CCCCN(CCCC)C[C@@H](O)c1ccco1. The molecule has 0 aliphatic heterocycles. The fourth-order valence-electron chi connectivity index (χ4n) is 1.87. The topological polar surface area (TPSA) is 36.6 Å². The number of aliphatic hydroxyl groups excluding tert-OH is 1. The highest BCUT2D eigenvalue weighted by atomic mass is 16.4. The van der Waals surface area contributed by atoms with Crippen LogP contribution >= 0.6 is 0 Å². The Morgan fingerprint density at radius 3 is 2.35 bits per heavy atom. The monoisotopic (exact) mass is 239 g/mol. The maximum absolute atomic E-state index is 10.0. The van der Waals surface area contributed by atoms with Gasteiger partial charge in [0, 0.05) is 6.54 Å². The van der Waals surface area contributed by atoms with Crippen molar-refractivity contribution in [2.45, 2.75) is 45.6 Å². The highest BCUT2D eigenvalue weighted by Crippen LogP contribution is 2.15. The minimum atomic E-state index is -0.501. The number of aliphatic hydroxyl groups is 1. The summed E-state index contributed by atoms with van der Waals surface area (Å²) >= 11 is 0. The van der Waals surface area contributed by atoms with Crippen LogP contribution in [0.5, 0.6) is 0 Å². The molecule has 0 fully saturated rings. The van der Waals surface area contributed by atoms with Gasteiger partial charge in [-0.25, -0.2) is 0 Å². The summed E-state index contributed by atoms with van der Waals surface area (Å²) in [4.78, 5) is 2.33. The molecule has 0 saturated carbocycles. The summed E-state index contributed by atoms with van der Waals surface area (Å²) in [5.41, 5.74) is 0. The van der Waals surface area contributed by atoms with Gasteiger partial charge in [-0.15, -0.1) is 0 Å². The van der Waals surface area contributed by atoms with Gasteiger partial charge in [0.1, 0.15) is 11.9 Å². The van der Waals surface area contributed by atoms with E-state index >= 15 is 0 Å². The molecule has 17 heavy (non-hydrogen) atoms. The van der Waals surface area contributed by atoms with Crippen LogP contribution in [-0.4, -0.2) is 29.6 Å². The normalized spacial score (nSPS) is 13.2. The summed E-state index contributed by atoms with van der Waals surface area (Å²) in [5, 5.41) is 10.0. The second kappa shape index (κ2) is 8.31. The molecule has 0 aliphatic carbocycles. The van der Waals surface area contributed by atoms with E-state index in [4.69, 9.17) is 4.42 Å². The van der Waals surface area contributed by atoms with Crippen molar-refractivity contribution in [1.29, 1.82) is 0 Å². The molecule has 1 aromatic heterocycles. The molecule has 1 heterocycles. The summed E-state index contributed by atoms with van der Waals surface area (Å²) in [5.74, 6) is 0.669. The molecule has 0 unspecified atom stereocenters. The number of hydrogen-bond acceptors (Lipinski definition) is 3. The first kappa shape index (κ1) is 14.3. The zero-order valence-corrected chi connectivity index (χ0v) is 11.1. The predicted octanol–water partition coefficient (Wildman–Crippen LogP) is 3.22. The molecule has 0 saturated heterocycles. The van der Waals surface area contributed by atoms with Gasteiger partial charge in [-0.3, -0.25) is 0 Å². The van der Waals surface area contributed by atoms with Crippen molar-refractivity contribution in [3.63, 3.8) is 0 Å². The second-order valence-corrected chi connectivity index (χ2v) is 4.54. The molecule has 0 aromatic carbocycles. The minimum Gasteiger partial charge on any atom is -0.467 e. The van der Waals surface area contributed by atoms with Gasteiger partial charge < -0.3 is 14.4 Å². The molecule has 3 heteroatoms. The van der Waals surface area contributed by atoms with Crippen LogP contribution in [0, 0.1) is 0 Å². The molecule has 0 spiro atoms. The molecule has 0 amide bonds. The number of furan rings is 1. The summed E-state index contributed by atoms with van der Waals surface area (Å²) < 4.78 is 5.23. The Labute approximate surface area is 104 Å². The zero-order valence-electron chi connectivity index (χ0n) is 11.1. The van der Waals surface area contributed by atoms with Gasteiger partial charge in [0.25, 0.3) is 0 Å². The Kier molecular flexibility index (Phi) is 6.97. The van der Waals surface area contributed by atoms with Gasteiger partial charge in [-0.05, 0) is 38.1 Å². The van der Waals surface area contributed by atoms with Gasteiger partial charge in [0.15, 0.2) is 0 Å². The highest BCUT2D eigenvalue weighted by molar-refractivity contribution is 5.02. The second-order valence-electron chi connectivity index (χ2n) is 4.54. The van der Waals surface area contributed by atoms with E-state index in [-0.39, 0.29) is 0 Å². The Hall–Kier alpha value is -0.800. The summed E-state index contributed by atoms with van der Waals surface area (Å²) in [6.07, 6.45) is 5.88. The summed E-state index contributed by atoms with van der Waals surface area (Å²) in [7, 11) is 0. The van der Waals surface area contributed by atoms with Crippen LogP contribution < -0.4 is 0 Å². The van der Waals surface area contributed by atoms with Crippen LogP contribution in [0.1, 0.15) is 51.4 Å². The van der Waals surface area contributed by atoms with Crippen LogP contribution in [0.25, 0.3) is 0 Å². The Balaban J connectivity index is 2.40. The van der Waals surface area contributed by atoms with Gasteiger partial charge in [0.05, 0.1) is 6.26 Å². The molecule has 0 radical (unpaired) electrons. The van der Waals surface area contributed by atoms with E-state index in [0.717, 1.165) is 13.1 Å². The van der Waals surface area contributed by atoms with E-state index in [2.05, 4.69) is 18.7 Å². The van der Waals surface area contributed by atoms with Gasteiger partial charge in [0.2, 0.25) is 0 Å². The Morgan fingerprint density at radius 2 is 1.88 bits per heavy atom. The third-order valence-electron chi connectivity index (χ3n) is 2.96. The van der Waals surface area contributed by atoms with Crippen LogP contribution in [0.3, 0.4) is 0 Å². The number of hydrogen-bond donors (Lipinski definition) is 1. The third-order valence-corrected chi connectivity index (χ3v) is 2.96. The van der Waals surface area contributed by atoms with Crippen LogP contribution in [-0.2, 0) is 0 Å². The summed E-state index contributed by atoms with van der Waals surface area (Å²) in [6, 6.07) is 3.66. The standard InChI is InChI=1S/C14H25NO2/c1-3-5-9-15(10-6-4-2)12-13(16)14-8-7-11-17-14/h7-8,11,13,16H,3-6,9-10,12H2,1-2H3/t13-/m1/s1. The molecule has 0 bridgehead atoms.